The number of hydrogen-bond donors (Lipinski definition) is 2. The molecule has 2 N–H and O–H groups in total. The molecule has 0 fully saturated rings. The summed E-state index contributed by atoms with van der Waals surface area (Å²) in [5.74, 6) is -2.40. The van der Waals surface area contributed by atoms with E-state index in [1.54, 1.807) is 0 Å². The highest BCUT2D eigenvalue weighted by Crippen LogP contribution is 2.29. The summed E-state index contributed by atoms with van der Waals surface area (Å²) in [6.45, 7) is 0. The van der Waals surface area contributed by atoms with Crippen LogP contribution in [-0.4, -0.2) is 26.7 Å². The maximum atomic E-state index is 12.4. The van der Waals surface area contributed by atoms with Crippen molar-refractivity contribution in [1.82, 2.24) is 0 Å². The summed E-state index contributed by atoms with van der Waals surface area (Å²) in [5.41, 5.74) is -0.424. The van der Waals surface area contributed by atoms with Crippen molar-refractivity contribution >= 4 is 10.5 Å². The Kier molecular flexibility index (Phi) is 4.31. The Morgan fingerprint density at radius 3 is 2.41 bits per heavy atom. The fourth-order valence-electron chi connectivity index (χ4n) is 1.26. The highest BCUT2D eigenvalue weighted by molar-refractivity contribution is 5.98. The van der Waals surface area contributed by atoms with Gasteiger partial charge in [-0.3, -0.25) is 0 Å². The minimum Gasteiger partial charge on any atom is -0.371 e. The van der Waals surface area contributed by atoms with Gasteiger partial charge in [-0.05, 0) is 18.1 Å². The normalized spacial score (nSPS) is 12.8. The lowest BCUT2D eigenvalue weighted by atomic mass is 10.1. The highest BCUT2D eigenvalue weighted by atomic mass is 28.2. The number of rotatable bonds is 4. The van der Waals surface area contributed by atoms with E-state index < -0.39 is 17.7 Å². The van der Waals surface area contributed by atoms with Gasteiger partial charge in [0.2, 0.25) is 0 Å². The molecule has 0 aliphatic heterocycles. The molecule has 0 saturated carbocycles. The van der Waals surface area contributed by atoms with Gasteiger partial charge in [0.15, 0.2) is 0 Å². The first-order chi connectivity index (χ1) is 7.74. The molecule has 0 unspecified atom stereocenters. The summed E-state index contributed by atoms with van der Waals surface area (Å²) in [5, 5.41) is 18.2. The number of hydrogen-bond acceptors (Lipinski definition) is 3. The molecular weight excluding hydrogens is 253 g/mol. The molecule has 3 nitrogen and oxygen atoms in total. The molecule has 0 aliphatic carbocycles. The van der Waals surface area contributed by atoms with Gasteiger partial charge >= 0.3 is 6.18 Å². The Morgan fingerprint density at radius 2 is 1.88 bits per heavy atom. The summed E-state index contributed by atoms with van der Waals surface area (Å²) in [6, 6.07) is 4.65. The molecule has 0 bridgehead atoms. The molecule has 3 radical (unpaired) electrons. The lowest BCUT2D eigenvalue weighted by Gasteiger charge is -2.19. The van der Waals surface area contributed by atoms with Gasteiger partial charge in [-0.1, -0.05) is 18.2 Å². The lowest BCUT2D eigenvalue weighted by Crippen LogP contribution is -2.31. The molecule has 17 heavy (non-hydrogen) atoms. The van der Waals surface area contributed by atoms with Gasteiger partial charge in [0.05, 0.1) is 5.56 Å². The summed E-state index contributed by atoms with van der Waals surface area (Å²) in [6.07, 6.45) is -4.61. The van der Waals surface area contributed by atoms with Crippen LogP contribution in [0.4, 0.5) is 13.2 Å². The largest absolute Gasteiger partial charge is 0.416 e. The van der Waals surface area contributed by atoms with Gasteiger partial charge in [-0.25, -0.2) is 0 Å². The minimum absolute atomic E-state index is 0.0431. The van der Waals surface area contributed by atoms with Crippen LogP contribution in [0.15, 0.2) is 24.3 Å². The molecule has 0 saturated heterocycles. The number of aryl methyl sites for hydroxylation is 1. The lowest BCUT2D eigenvalue weighted by molar-refractivity contribution is -0.294. The monoisotopic (exact) mass is 263 g/mol. The van der Waals surface area contributed by atoms with Gasteiger partial charge in [0, 0.05) is 6.42 Å². The Balaban J connectivity index is 2.74. The molecule has 1 rings (SSSR count). The number of aliphatic hydroxyl groups is 2. The molecule has 93 valence electrons. The predicted molar refractivity (Wildman–Crippen MR) is 53.8 cm³/mol. The number of halogens is 3. The molecule has 0 amide bonds. The Bertz CT molecular complexity index is 379. The molecule has 7 heteroatoms. The van der Waals surface area contributed by atoms with E-state index >= 15 is 0 Å². The van der Waals surface area contributed by atoms with Crippen molar-refractivity contribution in [3.05, 3.63) is 35.4 Å². The second kappa shape index (κ2) is 5.17. The van der Waals surface area contributed by atoms with Crippen LogP contribution in [0.1, 0.15) is 17.5 Å². The molecule has 1 aromatic carbocycles. The number of alkyl halides is 3. The van der Waals surface area contributed by atoms with E-state index in [1.807, 2.05) is 0 Å². The molecule has 1 aromatic rings. The van der Waals surface area contributed by atoms with Crippen LogP contribution in [-0.2, 0) is 17.0 Å². The van der Waals surface area contributed by atoms with Gasteiger partial charge in [0.1, 0.15) is 0 Å². The van der Waals surface area contributed by atoms with Gasteiger partial charge in [0.25, 0.3) is 16.5 Å². The third-order valence-corrected chi connectivity index (χ3v) is 2.48. The van der Waals surface area contributed by atoms with Crippen molar-refractivity contribution in [1.29, 1.82) is 0 Å². The quantitative estimate of drug-likeness (QED) is 0.637. The zero-order valence-electron chi connectivity index (χ0n) is 8.66. The van der Waals surface area contributed by atoms with Crippen molar-refractivity contribution in [3.63, 3.8) is 0 Å². The fraction of sp³-hybridized carbons (Fsp3) is 0.400. The van der Waals surface area contributed by atoms with Gasteiger partial charge in [-0.15, -0.1) is 0 Å². The summed E-state index contributed by atoms with van der Waals surface area (Å²) >= 11 is 0. The first-order valence-corrected chi connectivity index (χ1v) is 5.11. The average Bonchev–Trinajstić information content (AvgIpc) is 2.26. The first-order valence-electron chi connectivity index (χ1n) is 4.70. The van der Waals surface area contributed by atoms with Crippen LogP contribution >= 0.6 is 0 Å². The maximum absolute atomic E-state index is 12.4. The van der Waals surface area contributed by atoms with E-state index in [-0.39, 0.29) is 12.8 Å². The molecular formula is C10H10F3O3Si. The van der Waals surface area contributed by atoms with Crippen LogP contribution < -0.4 is 0 Å². The van der Waals surface area contributed by atoms with Crippen LogP contribution in [0.5, 0.6) is 0 Å². The highest BCUT2D eigenvalue weighted by Gasteiger charge is 2.30. The van der Waals surface area contributed by atoms with Crippen LogP contribution in [0.3, 0.4) is 0 Å². The smallest absolute Gasteiger partial charge is 0.371 e. The summed E-state index contributed by atoms with van der Waals surface area (Å²) < 4.78 is 41.3. The van der Waals surface area contributed by atoms with Crippen molar-refractivity contribution < 1.29 is 27.8 Å². The molecule has 0 atom stereocenters. The van der Waals surface area contributed by atoms with Gasteiger partial charge in [-0.2, -0.15) is 13.2 Å². The third-order valence-electron chi connectivity index (χ3n) is 2.16. The van der Waals surface area contributed by atoms with Crippen molar-refractivity contribution in [2.24, 2.45) is 0 Å². The number of benzene rings is 1. The topological polar surface area (TPSA) is 49.7 Å². The summed E-state index contributed by atoms with van der Waals surface area (Å²) in [4.78, 5) is 0. The van der Waals surface area contributed by atoms with Crippen molar-refractivity contribution in [2.75, 3.05) is 0 Å². The van der Waals surface area contributed by atoms with Crippen LogP contribution in [0.2, 0.25) is 0 Å². The minimum atomic E-state index is -4.41. The summed E-state index contributed by atoms with van der Waals surface area (Å²) in [7, 11) is 2.46. The predicted octanol–water partition coefficient (Wildman–Crippen LogP) is 1.38. The Labute approximate surface area is 99.4 Å². The molecule has 0 heterocycles. The Morgan fingerprint density at radius 1 is 1.24 bits per heavy atom. The third kappa shape index (κ3) is 4.47. The van der Waals surface area contributed by atoms with Gasteiger partial charge < -0.3 is 14.6 Å². The zero-order valence-corrected chi connectivity index (χ0v) is 9.66. The molecule has 0 spiro atoms. The second-order valence-corrected chi connectivity index (χ2v) is 3.75. The maximum Gasteiger partial charge on any atom is 0.416 e. The SMILES string of the molecule is OC(O)(CCc1cccc(C(F)(F)F)c1)O[Si]. The van der Waals surface area contributed by atoms with Crippen LogP contribution in [0, 0.1) is 0 Å². The Hall–Kier alpha value is -0.893. The zero-order chi connectivity index (χ0) is 13.1. The molecule has 0 aromatic heterocycles. The van der Waals surface area contributed by atoms with E-state index in [1.165, 1.54) is 12.1 Å². The first kappa shape index (κ1) is 14.2. The van der Waals surface area contributed by atoms with E-state index in [0.29, 0.717) is 5.56 Å². The van der Waals surface area contributed by atoms with E-state index in [4.69, 9.17) is 10.2 Å². The average molecular weight is 263 g/mol. The molecule has 0 aliphatic rings. The van der Waals surface area contributed by atoms with Crippen LogP contribution in [0.25, 0.3) is 0 Å². The van der Waals surface area contributed by atoms with E-state index in [2.05, 4.69) is 14.9 Å². The second-order valence-electron chi connectivity index (χ2n) is 3.54. The fourth-order valence-corrected chi connectivity index (χ4v) is 1.36. The van der Waals surface area contributed by atoms with E-state index in [9.17, 15) is 13.2 Å². The van der Waals surface area contributed by atoms with Crippen molar-refractivity contribution in [3.8, 4) is 0 Å². The van der Waals surface area contributed by atoms with E-state index in [0.717, 1.165) is 12.1 Å². The van der Waals surface area contributed by atoms with Crippen molar-refractivity contribution in [2.45, 2.75) is 25.0 Å². The standard InChI is InChI=1S/C10H10F3O3Si/c11-10(12,13)8-3-1-2-7(6-8)4-5-9(14,15)16-17/h1-3,6,14-15H,4-5H2.